The van der Waals surface area contributed by atoms with Crippen molar-refractivity contribution in [2.45, 2.75) is 26.0 Å². The highest BCUT2D eigenvalue weighted by Crippen LogP contribution is 2.30. The van der Waals surface area contributed by atoms with Crippen LogP contribution in [0, 0.1) is 11.7 Å². The number of amides is 1. The molecule has 8 nitrogen and oxygen atoms in total. The van der Waals surface area contributed by atoms with Crippen LogP contribution in [0.4, 0.5) is 4.39 Å². The van der Waals surface area contributed by atoms with E-state index in [1.54, 1.807) is 25.1 Å². The highest BCUT2D eigenvalue weighted by Gasteiger charge is 2.35. The van der Waals surface area contributed by atoms with Gasteiger partial charge in [-0.2, -0.15) is 0 Å². The van der Waals surface area contributed by atoms with Crippen LogP contribution in [0.2, 0.25) is 0 Å². The Kier molecular flexibility index (Phi) is 7.16. The van der Waals surface area contributed by atoms with Crippen LogP contribution in [-0.4, -0.2) is 78.8 Å². The number of hydrogen-bond donors (Lipinski definition) is 1. The Labute approximate surface area is 187 Å². The zero-order chi connectivity index (χ0) is 23.6. The fourth-order valence-electron chi connectivity index (χ4n) is 3.53. The molecule has 3 atom stereocenters. The second-order valence-corrected chi connectivity index (χ2v) is 10.3. The number of aromatic nitrogens is 1. The molecule has 0 spiro atoms. The smallest absolute Gasteiger partial charge is 0.259 e. The topological polar surface area (TPSA) is 100 Å². The predicted octanol–water partition coefficient (Wildman–Crippen LogP) is 2.00. The summed E-state index contributed by atoms with van der Waals surface area (Å²) in [6, 6.07) is 7.07. The molecule has 1 aliphatic rings. The molecule has 0 unspecified atom stereocenters. The lowest BCUT2D eigenvalue weighted by Crippen LogP contribution is -2.50. The second-order valence-electron chi connectivity index (χ2n) is 8.25. The van der Waals surface area contributed by atoms with Gasteiger partial charge in [-0.05, 0) is 30.7 Å². The quantitative estimate of drug-likeness (QED) is 0.701. The molecule has 1 N–H and O–H groups in total. The molecule has 0 saturated heterocycles. The Morgan fingerprint density at radius 1 is 1.34 bits per heavy atom. The van der Waals surface area contributed by atoms with Crippen LogP contribution >= 0.6 is 0 Å². The summed E-state index contributed by atoms with van der Waals surface area (Å²) in [5.74, 6) is -0.946. The third-order valence-electron chi connectivity index (χ3n) is 5.68. The number of nitrogens with zero attached hydrogens (tertiary/aromatic N) is 3. The van der Waals surface area contributed by atoms with E-state index in [4.69, 9.17) is 4.74 Å². The first-order valence-corrected chi connectivity index (χ1v) is 12.1. The van der Waals surface area contributed by atoms with Crippen molar-refractivity contribution in [1.29, 1.82) is 0 Å². The summed E-state index contributed by atoms with van der Waals surface area (Å²) < 4.78 is 44.8. The second kappa shape index (κ2) is 9.51. The molecule has 1 aliphatic heterocycles. The van der Waals surface area contributed by atoms with Gasteiger partial charge in [-0.15, -0.1) is 0 Å². The molecule has 0 radical (unpaired) electrons. The number of likely N-dealkylation sites (N-methyl/N-ethyl adjacent to an activating group) is 1. The Balaban J connectivity index is 2.07. The van der Waals surface area contributed by atoms with E-state index >= 15 is 0 Å². The van der Waals surface area contributed by atoms with Crippen molar-refractivity contribution in [2.75, 3.05) is 33.0 Å². The number of benzene rings is 1. The van der Waals surface area contributed by atoms with Crippen LogP contribution in [0.25, 0.3) is 11.1 Å². The SMILES string of the molecule is C[C@H](CO)N1C[C@H](C)[C@H](CN(C)S(C)(=O)=O)Oc2ncc(-c3cccc(F)c3)cc2C1=O. The molecule has 1 aromatic heterocycles. The minimum atomic E-state index is -3.44. The summed E-state index contributed by atoms with van der Waals surface area (Å²) in [4.78, 5) is 19.3. The zero-order valence-electron chi connectivity index (χ0n) is 18.5. The largest absolute Gasteiger partial charge is 0.472 e. The van der Waals surface area contributed by atoms with Crippen molar-refractivity contribution in [3.8, 4) is 17.0 Å². The Hall–Kier alpha value is -2.56. The van der Waals surface area contributed by atoms with Gasteiger partial charge in [-0.25, -0.2) is 22.1 Å². The number of hydrogen-bond acceptors (Lipinski definition) is 6. The van der Waals surface area contributed by atoms with Gasteiger partial charge in [0.2, 0.25) is 15.9 Å². The maximum absolute atomic E-state index is 13.7. The van der Waals surface area contributed by atoms with Crippen LogP contribution in [0.1, 0.15) is 24.2 Å². The molecule has 2 aromatic rings. The molecule has 0 aliphatic carbocycles. The van der Waals surface area contributed by atoms with Gasteiger partial charge in [0.15, 0.2) is 0 Å². The molecule has 0 saturated carbocycles. The Bertz CT molecular complexity index is 1090. The predicted molar refractivity (Wildman–Crippen MR) is 118 cm³/mol. The normalized spacial score (nSPS) is 20.3. The van der Waals surface area contributed by atoms with Crippen LogP contribution < -0.4 is 4.74 Å². The molecule has 10 heteroatoms. The van der Waals surface area contributed by atoms with E-state index in [9.17, 15) is 22.7 Å². The van der Waals surface area contributed by atoms with Crippen molar-refractivity contribution < 1.29 is 27.4 Å². The lowest BCUT2D eigenvalue weighted by atomic mass is 9.99. The van der Waals surface area contributed by atoms with Gasteiger partial charge >= 0.3 is 0 Å². The van der Waals surface area contributed by atoms with E-state index in [0.717, 1.165) is 6.26 Å². The molecule has 2 heterocycles. The molecular weight excluding hydrogens is 437 g/mol. The lowest BCUT2D eigenvalue weighted by Gasteiger charge is -2.37. The van der Waals surface area contributed by atoms with Crippen LogP contribution in [0.15, 0.2) is 36.5 Å². The third kappa shape index (κ3) is 5.25. The van der Waals surface area contributed by atoms with Crippen LogP contribution in [-0.2, 0) is 10.0 Å². The van der Waals surface area contributed by atoms with Crippen molar-refractivity contribution in [3.05, 3.63) is 47.9 Å². The Morgan fingerprint density at radius 2 is 2.06 bits per heavy atom. The zero-order valence-corrected chi connectivity index (χ0v) is 19.3. The molecule has 0 fully saturated rings. The van der Waals surface area contributed by atoms with E-state index in [1.165, 1.54) is 34.6 Å². The number of fused-ring (bicyclic) bond motifs is 1. The van der Waals surface area contributed by atoms with Gasteiger partial charge < -0.3 is 14.7 Å². The molecular formula is C22H28FN3O5S. The van der Waals surface area contributed by atoms with Crippen molar-refractivity contribution in [1.82, 2.24) is 14.2 Å². The third-order valence-corrected chi connectivity index (χ3v) is 6.96. The van der Waals surface area contributed by atoms with Gasteiger partial charge in [0.1, 0.15) is 17.5 Å². The van der Waals surface area contributed by atoms with Crippen molar-refractivity contribution >= 4 is 15.9 Å². The maximum atomic E-state index is 13.7. The fourth-order valence-corrected chi connectivity index (χ4v) is 3.95. The average molecular weight is 466 g/mol. The van der Waals surface area contributed by atoms with E-state index in [0.29, 0.717) is 11.1 Å². The number of pyridine rings is 1. The molecule has 1 amide bonds. The molecule has 174 valence electrons. The Morgan fingerprint density at radius 3 is 2.69 bits per heavy atom. The number of ether oxygens (including phenoxy) is 1. The standard InChI is InChI=1S/C22H28FN3O5S/c1-14-11-26(15(2)13-27)22(28)19-9-17(16-6-5-7-18(23)8-16)10-24-21(19)31-20(14)12-25(3)32(4,29)30/h5-10,14-15,20,27H,11-13H2,1-4H3/t14-,15+,20-/m0/s1. The van der Waals surface area contributed by atoms with Gasteiger partial charge in [-0.1, -0.05) is 19.1 Å². The minimum Gasteiger partial charge on any atom is -0.472 e. The summed E-state index contributed by atoms with van der Waals surface area (Å²) >= 11 is 0. The minimum absolute atomic E-state index is 0.0717. The fraction of sp³-hybridized carbons (Fsp3) is 0.455. The highest BCUT2D eigenvalue weighted by atomic mass is 32.2. The van der Waals surface area contributed by atoms with Crippen LogP contribution in [0.3, 0.4) is 0 Å². The monoisotopic (exact) mass is 465 g/mol. The van der Waals surface area contributed by atoms with E-state index in [1.807, 2.05) is 6.92 Å². The summed E-state index contributed by atoms with van der Waals surface area (Å²) in [6.45, 7) is 3.68. The molecule has 32 heavy (non-hydrogen) atoms. The molecule has 0 bridgehead atoms. The number of aliphatic hydroxyl groups excluding tert-OH is 1. The van der Waals surface area contributed by atoms with Gasteiger partial charge in [0, 0.05) is 31.3 Å². The number of carbonyl (C=O) groups is 1. The molecule has 3 rings (SSSR count). The van der Waals surface area contributed by atoms with Crippen LogP contribution in [0.5, 0.6) is 5.88 Å². The maximum Gasteiger partial charge on any atom is 0.259 e. The first-order valence-electron chi connectivity index (χ1n) is 10.3. The number of carbonyl (C=O) groups excluding carboxylic acids is 1. The lowest BCUT2D eigenvalue weighted by molar-refractivity contribution is 0.0374. The van der Waals surface area contributed by atoms with Gasteiger partial charge in [-0.3, -0.25) is 4.79 Å². The first kappa shape index (κ1) is 24.1. The summed E-state index contributed by atoms with van der Waals surface area (Å²) in [5.41, 5.74) is 1.26. The van der Waals surface area contributed by atoms with Gasteiger partial charge in [0.25, 0.3) is 5.91 Å². The van der Waals surface area contributed by atoms with Crippen molar-refractivity contribution in [3.63, 3.8) is 0 Å². The van der Waals surface area contributed by atoms with Gasteiger partial charge in [0.05, 0.1) is 25.4 Å². The number of sulfonamides is 1. The summed E-state index contributed by atoms with van der Waals surface area (Å²) in [6.07, 6.45) is 2.02. The molecule has 1 aromatic carbocycles. The summed E-state index contributed by atoms with van der Waals surface area (Å²) in [5, 5.41) is 9.71. The van der Waals surface area contributed by atoms with E-state index in [-0.39, 0.29) is 43.0 Å². The average Bonchev–Trinajstić information content (AvgIpc) is 2.74. The van der Waals surface area contributed by atoms with E-state index in [2.05, 4.69) is 4.98 Å². The number of rotatable bonds is 6. The summed E-state index contributed by atoms with van der Waals surface area (Å²) in [7, 11) is -1.98. The van der Waals surface area contributed by atoms with E-state index < -0.39 is 28.0 Å². The highest BCUT2D eigenvalue weighted by molar-refractivity contribution is 7.88. The van der Waals surface area contributed by atoms with Crippen molar-refractivity contribution in [2.24, 2.45) is 5.92 Å². The number of aliphatic hydroxyl groups is 1. The number of halogens is 1. The first-order chi connectivity index (χ1) is 15.0.